The molecule has 2 fully saturated rings. The van der Waals surface area contributed by atoms with Crippen LogP contribution in [0.2, 0.25) is 0 Å². The van der Waals surface area contributed by atoms with Crippen molar-refractivity contribution in [1.29, 1.82) is 0 Å². The SMILES string of the molecule is CCC(B1OCC(C)(C)CO1)=C(CC)B1OCC(C)(C)CO1. The van der Waals surface area contributed by atoms with Crippen LogP contribution in [0, 0.1) is 10.8 Å². The van der Waals surface area contributed by atoms with E-state index in [-0.39, 0.29) is 25.1 Å². The fourth-order valence-electron chi connectivity index (χ4n) is 2.88. The summed E-state index contributed by atoms with van der Waals surface area (Å²) in [7, 11) is -0.509. The average Bonchev–Trinajstić information content (AvgIpc) is 2.46. The van der Waals surface area contributed by atoms with E-state index in [4.69, 9.17) is 18.6 Å². The molecule has 2 saturated heterocycles. The Bertz CT molecular complexity index is 362. The van der Waals surface area contributed by atoms with Crippen LogP contribution in [0.15, 0.2) is 10.9 Å². The summed E-state index contributed by atoms with van der Waals surface area (Å²) in [6, 6.07) is 0. The molecule has 0 aromatic rings. The molecule has 0 radical (unpaired) electrons. The van der Waals surface area contributed by atoms with Crippen molar-refractivity contribution in [3.8, 4) is 0 Å². The molecule has 0 N–H and O–H groups in total. The molecule has 0 spiro atoms. The van der Waals surface area contributed by atoms with Crippen LogP contribution in [-0.2, 0) is 18.6 Å². The second-order valence-electron chi connectivity index (χ2n) is 7.99. The molecule has 22 heavy (non-hydrogen) atoms. The standard InChI is InChI=1S/C16H30B2O4/c1-7-13(17-19-9-15(3,4)10-20-17)14(8-2)18-21-11-16(5,6)12-22-18/h7-12H2,1-6H3. The van der Waals surface area contributed by atoms with Crippen LogP contribution in [0.25, 0.3) is 0 Å². The first-order chi connectivity index (χ1) is 10.3. The summed E-state index contributed by atoms with van der Waals surface area (Å²) < 4.78 is 23.9. The third-order valence-corrected chi connectivity index (χ3v) is 4.25. The van der Waals surface area contributed by atoms with Gasteiger partial charge in [-0.3, -0.25) is 0 Å². The van der Waals surface area contributed by atoms with E-state index in [1.807, 2.05) is 0 Å². The van der Waals surface area contributed by atoms with Gasteiger partial charge in [-0.25, -0.2) is 0 Å². The van der Waals surface area contributed by atoms with Gasteiger partial charge in [0, 0.05) is 37.3 Å². The van der Waals surface area contributed by atoms with Crippen LogP contribution in [0.4, 0.5) is 0 Å². The first-order valence-corrected chi connectivity index (χ1v) is 8.46. The lowest BCUT2D eigenvalue weighted by atomic mass is 9.61. The third kappa shape index (κ3) is 4.38. The molecular formula is C16H30B2O4. The Kier molecular flexibility index (Phi) is 5.81. The predicted octanol–water partition coefficient (Wildman–Crippen LogP) is 3.30. The Morgan fingerprint density at radius 1 is 0.682 bits per heavy atom. The Labute approximate surface area is 136 Å². The smallest absolute Gasteiger partial charge is 0.407 e. The molecule has 6 heteroatoms. The largest absolute Gasteiger partial charge is 0.488 e. The molecule has 2 aliphatic heterocycles. The lowest BCUT2D eigenvalue weighted by Gasteiger charge is -2.37. The second-order valence-corrected chi connectivity index (χ2v) is 7.99. The summed E-state index contributed by atoms with van der Waals surface area (Å²) in [6.45, 7) is 15.8. The maximum Gasteiger partial charge on any atom is 0.488 e. The fraction of sp³-hybridized carbons (Fsp3) is 0.875. The summed E-state index contributed by atoms with van der Waals surface area (Å²) in [5.74, 6) is 0. The molecule has 0 amide bonds. The highest BCUT2D eigenvalue weighted by molar-refractivity contribution is 6.61. The van der Waals surface area contributed by atoms with E-state index in [1.54, 1.807) is 0 Å². The highest BCUT2D eigenvalue weighted by atomic mass is 16.6. The van der Waals surface area contributed by atoms with Gasteiger partial charge in [-0.1, -0.05) is 41.5 Å². The van der Waals surface area contributed by atoms with Crippen LogP contribution < -0.4 is 0 Å². The normalized spacial score (nSPS) is 25.9. The van der Waals surface area contributed by atoms with Crippen molar-refractivity contribution in [2.24, 2.45) is 10.8 Å². The molecule has 2 aliphatic rings. The van der Waals surface area contributed by atoms with Crippen molar-refractivity contribution >= 4 is 14.2 Å². The van der Waals surface area contributed by atoms with Gasteiger partial charge in [0.1, 0.15) is 0 Å². The van der Waals surface area contributed by atoms with Crippen LogP contribution in [0.3, 0.4) is 0 Å². The molecule has 0 aromatic heterocycles. The van der Waals surface area contributed by atoms with Crippen molar-refractivity contribution in [2.45, 2.75) is 54.4 Å². The van der Waals surface area contributed by atoms with E-state index in [1.165, 1.54) is 10.9 Å². The molecule has 2 rings (SSSR count). The van der Waals surface area contributed by atoms with Crippen molar-refractivity contribution < 1.29 is 18.6 Å². The number of hydrogen-bond donors (Lipinski definition) is 0. The third-order valence-electron chi connectivity index (χ3n) is 4.25. The van der Waals surface area contributed by atoms with E-state index in [9.17, 15) is 0 Å². The lowest BCUT2D eigenvalue weighted by Crippen LogP contribution is -2.45. The van der Waals surface area contributed by atoms with Gasteiger partial charge in [0.25, 0.3) is 0 Å². The molecular weight excluding hydrogens is 278 g/mol. The Morgan fingerprint density at radius 2 is 0.955 bits per heavy atom. The highest BCUT2D eigenvalue weighted by Gasteiger charge is 2.40. The quantitative estimate of drug-likeness (QED) is 0.747. The monoisotopic (exact) mass is 308 g/mol. The molecule has 2 heterocycles. The van der Waals surface area contributed by atoms with E-state index in [0.717, 1.165) is 39.3 Å². The fourth-order valence-corrected chi connectivity index (χ4v) is 2.88. The summed E-state index contributed by atoms with van der Waals surface area (Å²) in [6.07, 6.45) is 1.78. The summed E-state index contributed by atoms with van der Waals surface area (Å²) in [4.78, 5) is 0. The molecule has 0 unspecified atom stereocenters. The minimum atomic E-state index is -0.255. The van der Waals surface area contributed by atoms with Gasteiger partial charge in [-0.2, -0.15) is 0 Å². The summed E-state index contributed by atoms with van der Waals surface area (Å²) >= 11 is 0. The van der Waals surface area contributed by atoms with Gasteiger partial charge in [-0.05, 0) is 23.8 Å². The topological polar surface area (TPSA) is 36.9 Å². The average molecular weight is 308 g/mol. The lowest BCUT2D eigenvalue weighted by molar-refractivity contribution is 0.0289. The van der Waals surface area contributed by atoms with Crippen LogP contribution in [-0.4, -0.2) is 40.7 Å². The van der Waals surface area contributed by atoms with Crippen molar-refractivity contribution in [3.63, 3.8) is 0 Å². The molecule has 4 nitrogen and oxygen atoms in total. The van der Waals surface area contributed by atoms with Gasteiger partial charge in [0.15, 0.2) is 0 Å². The first kappa shape index (κ1) is 18.1. The number of hydrogen-bond acceptors (Lipinski definition) is 4. The van der Waals surface area contributed by atoms with Crippen LogP contribution >= 0.6 is 0 Å². The summed E-state index contributed by atoms with van der Waals surface area (Å²) in [5.41, 5.74) is 2.54. The minimum absolute atomic E-state index is 0.0869. The van der Waals surface area contributed by atoms with Gasteiger partial charge >= 0.3 is 14.2 Å². The zero-order valence-electron chi connectivity index (χ0n) is 15.0. The molecule has 0 atom stereocenters. The Balaban J connectivity index is 2.12. The maximum absolute atomic E-state index is 5.97. The minimum Gasteiger partial charge on any atom is -0.407 e. The van der Waals surface area contributed by atoms with Crippen LogP contribution in [0.5, 0.6) is 0 Å². The maximum atomic E-state index is 5.97. The Morgan fingerprint density at radius 3 is 1.18 bits per heavy atom. The van der Waals surface area contributed by atoms with Crippen molar-refractivity contribution in [2.75, 3.05) is 26.4 Å². The van der Waals surface area contributed by atoms with Gasteiger partial charge < -0.3 is 18.6 Å². The Hall–Kier alpha value is -0.290. The number of allylic oxidation sites excluding steroid dienone is 2. The van der Waals surface area contributed by atoms with Gasteiger partial charge in [0.2, 0.25) is 0 Å². The zero-order valence-corrected chi connectivity index (χ0v) is 15.0. The number of rotatable bonds is 4. The first-order valence-electron chi connectivity index (χ1n) is 8.46. The second kappa shape index (κ2) is 7.08. The zero-order chi connectivity index (χ0) is 16.4. The predicted molar refractivity (Wildman–Crippen MR) is 90.5 cm³/mol. The molecule has 0 bridgehead atoms. The van der Waals surface area contributed by atoms with Gasteiger partial charge in [0.05, 0.1) is 0 Å². The van der Waals surface area contributed by atoms with Crippen LogP contribution in [0.1, 0.15) is 54.4 Å². The highest BCUT2D eigenvalue weighted by Crippen LogP contribution is 2.30. The van der Waals surface area contributed by atoms with E-state index in [2.05, 4.69) is 41.5 Å². The summed E-state index contributed by atoms with van der Waals surface area (Å²) in [5, 5.41) is 0. The van der Waals surface area contributed by atoms with Crippen molar-refractivity contribution in [3.05, 3.63) is 10.9 Å². The van der Waals surface area contributed by atoms with Gasteiger partial charge in [-0.15, -0.1) is 0 Å². The van der Waals surface area contributed by atoms with Crippen molar-refractivity contribution in [1.82, 2.24) is 0 Å². The molecule has 0 aromatic carbocycles. The van der Waals surface area contributed by atoms with E-state index in [0.29, 0.717) is 0 Å². The molecule has 0 aliphatic carbocycles. The van der Waals surface area contributed by atoms with E-state index < -0.39 is 0 Å². The molecule has 0 saturated carbocycles. The van der Waals surface area contributed by atoms with E-state index >= 15 is 0 Å². The molecule has 124 valence electrons.